The molecule has 2 heterocycles. The Morgan fingerprint density at radius 3 is 2.53 bits per heavy atom. The minimum Gasteiger partial charge on any atom is -0.377 e. The molecule has 3 rings (SSSR count). The highest BCUT2D eigenvalue weighted by Crippen LogP contribution is 2.30. The van der Waals surface area contributed by atoms with Gasteiger partial charge in [-0.2, -0.15) is 5.26 Å². The average Bonchev–Trinajstić information content (AvgIpc) is 2.39. The molecule has 5 heteroatoms. The molecule has 1 aliphatic heterocycles. The highest BCUT2D eigenvalue weighted by atomic mass is 19.1. The molecule has 1 aromatic carbocycles. The van der Waals surface area contributed by atoms with Crippen molar-refractivity contribution >= 4 is 0 Å². The fourth-order valence-electron chi connectivity index (χ4n) is 1.92. The molecular weight excluding hydrogens is 245 g/mol. The second-order valence-electron chi connectivity index (χ2n) is 4.46. The van der Waals surface area contributed by atoms with Gasteiger partial charge in [-0.3, -0.25) is 0 Å². The topological polar surface area (TPSA) is 58.8 Å². The van der Waals surface area contributed by atoms with Crippen LogP contribution in [0.25, 0.3) is 11.3 Å². The number of nitrogens with zero attached hydrogens (tertiary/aromatic N) is 3. The number of hydrogen-bond donors (Lipinski definition) is 0. The van der Waals surface area contributed by atoms with Crippen molar-refractivity contribution in [2.75, 3.05) is 13.2 Å². The molecule has 1 aliphatic rings. The van der Waals surface area contributed by atoms with Gasteiger partial charge in [0.25, 0.3) is 0 Å². The van der Waals surface area contributed by atoms with Crippen LogP contribution in [0.15, 0.2) is 36.5 Å². The molecule has 0 saturated carbocycles. The van der Waals surface area contributed by atoms with E-state index in [9.17, 15) is 9.65 Å². The maximum absolute atomic E-state index is 12.9. The zero-order valence-electron chi connectivity index (χ0n) is 10.0. The summed E-state index contributed by atoms with van der Waals surface area (Å²) in [5.41, 5.74) is 0.723. The molecule has 1 aromatic heterocycles. The minimum absolute atomic E-state index is 0.293. The van der Waals surface area contributed by atoms with E-state index >= 15 is 0 Å². The van der Waals surface area contributed by atoms with Gasteiger partial charge in [-0.05, 0) is 30.3 Å². The van der Waals surface area contributed by atoms with E-state index in [0.29, 0.717) is 24.7 Å². The lowest BCUT2D eigenvalue weighted by molar-refractivity contribution is -0.0338. The Labute approximate surface area is 109 Å². The molecule has 0 atom stereocenters. The summed E-state index contributed by atoms with van der Waals surface area (Å²) in [6.07, 6.45) is 1.61. The highest BCUT2D eigenvalue weighted by molar-refractivity contribution is 5.58. The molecule has 0 radical (unpaired) electrons. The van der Waals surface area contributed by atoms with Crippen molar-refractivity contribution in [1.82, 2.24) is 9.97 Å². The molecule has 1 saturated heterocycles. The number of ether oxygens (including phenoxy) is 1. The molecule has 0 amide bonds. The second kappa shape index (κ2) is 4.41. The van der Waals surface area contributed by atoms with E-state index in [-0.39, 0.29) is 5.82 Å². The number of aromatic nitrogens is 2. The standard InChI is InChI=1S/C14H10FN3O/c15-11-3-1-10(2-4-11)12-5-6-17-13(18-12)14(7-16)8-19-9-14/h1-6H,8-9H2. The van der Waals surface area contributed by atoms with E-state index in [1.807, 2.05) is 0 Å². The van der Waals surface area contributed by atoms with Gasteiger partial charge in [0.05, 0.1) is 25.0 Å². The Bertz CT molecular complexity index is 644. The summed E-state index contributed by atoms with van der Waals surface area (Å²) in [4.78, 5) is 8.56. The van der Waals surface area contributed by atoms with Gasteiger partial charge in [-0.1, -0.05) is 0 Å². The molecule has 0 aliphatic carbocycles. The van der Waals surface area contributed by atoms with Crippen LogP contribution in [0, 0.1) is 17.1 Å². The zero-order valence-corrected chi connectivity index (χ0v) is 10.0. The average molecular weight is 255 g/mol. The number of hydrogen-bond acceptors (Lipinski definition) is 4. The van der Waals surface area contributed by atoms with E-state index < -0.39 is 5.41 Å². The maximum atomic E-state index is 12.9. The Morgan fingerprint density at radius 1 is 1.21 bits per heavy atom. The van der Waals surface area contributed by atoms with Crippen molar-refractivity contribution < 1.29 is 9.13 Å². The molecule has 1 fully saturated rings. The van der Waals surface area contributed by atoms with Crippen LogP contribution in [-0.2, 0) is 10.2 Å². The first-order valence-electron chi connectivity index (χ1n) is 5.82. The summed E-state index contributed by atoms with van der Waals surface area (Å²) in [5.74, 6) is 0.169. The van der Waals surface area contributed by atoms with Crippen LogP contribution in [0.3, 0.4) is 0 Å². The largest absolute Gasteiger partial charge is 0.377 e. The van der Waals surface area contributed by atoms with Crippen LogP contribution in [0.4, 0.5) is 4.39 Å². The SMILES string of the molecule is N#CC1(c2nccc(-c3ccc(F)cc3)n2)COC1. The Hall–Kier alpha value is -2.32. The first-order valence-corrected chi connectivity index (χ1v) is 5.82. The third-order valence-corrected chi connectivity index (χ3v) is 3.13. The Balaban J connectivity index is 2.01. The van der Waals surface area contributed by atoms with Crippen LogP contribution in [-0.4, -0.2) is 23.2 Å². The quantitative estimate of drug-likeness (QED) is 0.824. The Morgan fingerprint density at radius 2 is 1.95 bits per heavy atom. The van der Waals surface area contributed by atoms with Gasteiger partial charge < -0.3 is 4.74 Å². The van der Waals surface area contributed by atoms with Crippen LogP contribution >= 0.6 is 0 Å². The predicted molar refractivity (Wildman–Crippen MR) is 65.5 cm³/mol. The van der Waals surface area contributed by atoms with Gasteiger partial charge in [-0.25, -0.2) is 14.4 Å². The summed E-state index contributed by atoms with van der Waals surface area (Å²) in [6, 6.07) is 10.0. The smallest absolute Gasteiger partial charge is 0.163 e. The van der Waals surface area contributed by atoms with Crippen molar-refractivity contribution in [2.45, 2.75) is 5.41 Å². The van der Waals surface area contributed by atoms with Crippen LogP contribution in [0.1, 0.15) is 5.82 Å². The summed E-state index contributed by atoms with van der Waals surface area (Å²) in [7, 11) is 0. The normalized spacial score (nSPS) is 16.4. The van der Waals surface area contributed by atoms with Crippen molar-refractivity contribution in [2.24, 2.45) is 0 Å². The van der Waals surface area contributed by atoms with Crippen molar-refractivity contribution in [3.63, 3.8) is 0 Å². The fourth-order valence-corrected chi connectivity index (χ4v) is 1.92. The van der Waals surface area contributed by atoms with Crippen LogP contribution < -0.4 is 0 Å². The number of benzene rings is 1. The summed E-state index contributed by atoms with van der Waals surface area (Å²) in [5, 5.41) is 9.23. The first-order chi connectivity index (χ1) is 9.23. The summed E-state index contributed by atoms with van der Waals surface area (Å²) < 4.78 is 18.0. The molecule has 94 valence electrons. The zero-order chi connectivity index (χ0) is 13.3. The number of rotatable bonds is 2. The van der Waals surface area contributed by atoms with E-state index in [1.54, 1.807) is 24.4 Å². The van der Waals surface area contributed by atoms with Crippen molar-refractivity contribution in [3.05, 3.63) is 48.2 Å². The molecule has 19 heavy (non-hydrogen) atoms. The van der Waals surface area contributed by atoms with E-state index in [4.69, 9.17) is 4.74 Å². The van der Waals surface area contributed by atoms with Crippen molar-refractivity contribution in [3.8, 4) is 17.3 Å². The number of halogens is 1. The summed E-state index contributed by atoms with van der Waals surface area (Å²) in [6.45, 7) is 0.632. The van der Waals surface area contributed by atoms with Gasteiger partial charge in [0.1, 0.15) is 5.82 Å². The van der Waals surface area contributed by atoms with E-state index in [0.717, 1.165) is 5.56 Å². The monoisotopic (exact) mass is 255 g/mol. The lowest BCUT2D eigenvalue weighted by atomic mass is 9.87. The van der Waals surface area contributed by atoms with Gasteiger partial charge in [0.2, 0.25) is 0 Å². The molecular formula is C14H10FN3O. The van der Waals surface area contributed by atoms with Crippen LogP contribution in [0.5, 0.6) is 0 Å². The van der Waals surface area contributed by atoms with Gasteiger partial charge in [0.15, 0.2) is 11.2 Å². The molecule has 4 nitrogen and oxygen atoms in total. The van der Waals surface area contributed by atoms with E-state index in [2.05, 4.69) is 16.0 Å². The molecule has 0 bridgehead atoms. The van der Waals surface area contributed by atoms with E-state index in [1.165, 1.54) is 12.1 Å². The van der Waals surface area contributed by atoms with Gasteiger partial charge in [0, 0.05) is 11.8 Å². The molecule has 0 unspecified atom stereocenters. The lowest BCUT2D eigenvalue weighted by Gasteiger charge is -2.33. The Kier molecular flexibility index (Phi) is 2.73. The maximum Gasteiger partial charge on any atom is 0.163 e. The third kappa shape index (κ3) is 1.96. The fraction of sp³-hybridized carbons (Fsp3) is 0.214. The second-order valence-corrected chi connectivity index (χ2v) is 4.46. The lowest BCUT2D eigenvalue weighted by Crippen LogP contribution is -2.46. The molecule has 0 spiro atoms. The predicted octanol–water partition coefficient (Wildman–Crippen LogP) is 2.07. The minimum atomic E-state index is -0.740. The number of nitriles is 1. The third-order valence-electron chi connectivity index (χ3n) is 3.13. The molecule has 0 N–H and O–H groups in total. The molecule has 2 aromatic rings. The first kappa shape index (κ1) is 11.8. The van der Waals surface area contributed by atoms with Gasteiger partial charge >= 0.3 is 0 Å². The van der Waals surface area contributed by atoms with Crippen LogP contribution in [0.2, 0.25) is 0 Å². The van der Waals surface area contributed by atoms with Crippen molar-refractivity contribution in [1.29, 1.82) is 5.26 Å². The van der Waals surface area contributed by atoms with Gasteiger partial charge in [-0.15, -0.1) is 0 Å². The summed E-state index contributed by atoms with van der Waals surface area (Å²) >= 11 is 0. The highest BCUT2D eigenvalue weighted by Gasteiger charge is 2.43.